The summed E-state index contributed by atoms with van der Waals surface area (Å²) in [5, 5.41) is 4.36. The highest BCUT2D eigenvalue weighted by molar-refractivity contribution is 7.14. The summed E-state index contributed by atoms with van der Waals surface area (Å²) in [6.07, 6.45) is 1.11. The summed E-state index contributed by atoms with van der Waals surface area (Å²) in [5.74, 6) is 0. The van der Waals surface area contributed by atoms with Crippen molar-refractivity contribution in [3.8, 4) is 10.6 Å². The Morgan fingerprint density at radius 2 is 2.00 bits per heavy atom. The second-order valence-electron chi connectivity index (χ2n) is 5.43. The molecule has 2 heterocycles. The van der Waals surface area contributed by atoms with Crippen LogP contribution in [0.15, 0.2) is 46.1 Å². The van der Waals surface area contributed by atoms with E-state index in [0.717, 1.165) is 23.5 Å². The predicted octanol–water partition coefficient (Wildman–Crippen LogP) is 5.54. The maximum Gasteiger partial charge on any atom is 0.190 e. The van der Waals surface area contributed by atoms with E-state index in [4.69, 9.17) is 4.99 Å². The van der Waals surface area contributed by atoms with Gasteiger partial charge in [-0.05, 0) is 43.3 Å². The van der Waals surface area contributed by atoms with Crippen LogP contribution in [0.1, 0.15) is 24.5 Å². The molecule has 3 rings (SSSR count). The van der Waals surface area contributed by atoms with Crippen molar-refractivity contribution in [2.75, 3.05) is 0 Å². The molecule has 1 aromatic carbocycles. The number of aryl methyl sites for hydroxylation is 2. The summed E-state index contributed by atoms with van der Waals surface area (Å²) >= 11 is 3.51. The van der Waals surface area contributed by atoms with E-state index < -0.39 is 0 Å². The molecule has 114 valence electrons. The normalized spacial score (nSPS) is 12.0. The lowest BCUT2D eigenvalue weighted by molar-refractivity contribution is 0.668. The number of hydrogen-bond donors (Lipinski definition) is 0. The Labute approximate surface area is 139 Å². The van der Waals surface area contributed by atoms with Gasteiger partial charge in [0.1, 0.15) is 0 Å². The molecule has 0 amide bonds. The fraction of sp³-hybridized carbons (Fsp3) is 0.278. The summed E-state index contributed by atoms with van der Waals surface area (Å²) < 4.78 is 2.34. The fourth-order valence-corrected chi connectivity index (χ4v) is 4.28. The first-order valence-corrected chi connectivity index (χ1v) is 9.29. The molecule has 22 heavy (non-hydrogen) atoms. The number of nitrogens with zero attached hydrogens (tertiary/aromatic N) is 2. The van der Waals surface area contributed by atoms with Crippen LogP contribution < -0.4 is 4.80 Å². The van der Waals surface area contributed by atoms with Gasteiger partial charge in [0, 0.05) is 11.9 Å². The monoisotopic (exact) mass is 328 g/mol. The molecule has 0 spiro atoms. The van der Waals surface area contributed by atoms with Gasteiger partial charge in [0.05, 0.1) is 16.3 Å². The molecule has 2 aromatic heterocycles. The van der Waals surface area contributed by atoms with Crippen LogP contribution in [0.2, 0.25) is 0 Å². The van der Waals surface area contributed by atoms with Crippen molar-refractivity contribution in [1.82, 2.24) is 4.57 Å². The van der Waals surface area contributed by atoms with Crippen LogP contribution in [-0.2, 0) is 6.54 Å². The molecule has 0 bridgehead atoms. The van der Waals surface area contributed by atoms with E-state index in [1.54, 1.807) is 22.7 Å². The quantitative estimate of drug-likeness (QED) is 0.598. The molecule has 0 aliphatic carbocycles. The second-order valence-corrected chi connectivity index (χ2v) is 7.22. The van der Waals surface area contributed by atoms with Gasteiger partial charge in [0.25, 0.3) is 0 Å². The van der Waals surface area contributed by atoms with Gasteiger partial charge in [0.15, 0.2) is 4.80 Å². The van der Waals surface area contributed by atoms with Crippen LogP contribution in [-0.4, -0.2) is 4.57 Å². The van der Waals surface area contributed by atoms with E-state index in [2.05, 4.69) is 66.4 Å². The van der Waals surface area contributed by atoms with E-state index in [1.807, 2.05) is 0 Å². The SMILES string of the molecule is CCCn1c(-c2cccs2)csc1=Nc1ccc(C)cc1C. The molecule has 0 unspecified atom stereocenters. The highest BCUT2D eigenvalue weighted by Crippen LogP contribution is 2.26. The highest BCUT2D eigenvalue weighted by Gasteiger charge is 2.08. The van der Waals surface area contributed by atoms with Gasteiger partial charge >= 0.3 is 0 Å². The first-order chi connectivity index (χ1) is 10.7. The molecule has 0 aliphatic rings. The summed E-state index contributed by atoms with van der Waals surface area (Å²) in [7, 11) is 0. The van der Waals surface area contributed by atoms with Gasteiger partial charge in [-0.2, -0.15) is 0 Å². The van der Waals surface area contributed by atoms with Crippen molar-refractivity contribution in [1.29, 1.82) is 0 Å². The van der Waals surface area contributed by atoms with Crippen molar-refractivity contribution < 1.29 is 0 Å². The summed E-state index contributed by atoms with van der Waals surface area (Å²) in [4.78, 5) is 7.31. The standard InChI is InChI=1S/C18H20N2S2/c1-4-9-20-16(17-6-5-10-21-17)12-22-18(20)19-15-8-7-13(2)11-14(15)3/h5-8,10-12H,4,9H2,1-3H3. The van der Waals surface area contributed by atoms with E-state index in [0.29, 0.717) is 0 Å². The zero-order chi connectivity index (χ0) is 15.5. The number of rotatable bonds is 4. The maximum absolute atomic E-state index is 4.92. The smallest absolute Gasteiger partial charge is 0.190 e. The Morgan fingerprint density at radius 3 is 2.68 bits per heavy atom. The number of thiophene rings is 1. The van der Waals surface area contributed by atoms with Crippen LogP contribution in [0, 0.1) is 13.8 Å². The van der Waals surface area contributed by atoms with Crippen LogP contribution >= 0.6 is 22.7 Å². The average molecular weight is 329 g/mol. The van der Waals surface area contributed by atoms with Crippen LogP contribution in [0.4, 0.5) is 5.69 Å². The number of benzene rings is 1. The highest BCUT2D eigenvalue weighted by atomic mass is 32.1. The minimum absolute atomic E-state index is 1.00. The van der Waals surface area contributed by atoms with Crippen molar-refractivity contribution in [2.24, 2.45) is 4.99 Å². The van der Waals surface area contributed by atoms with Crippen LogP contribution in [0.3, 0.4) is 0 Å². The molecule has 0 aliphatic heterocycles. The average Bonchev–Trinajstić information content (AvgIpc) is 3.12. The van der Waals surface area contributed by atoms with Gasteiger partial charge < -0.3 is 4.57 Å². The molecule has 0 radical (unpaired) electrons. The van der Waals surface area contributed by atoms with E-state index >= 15 is 0 Å². The van der Waals surface area contributed by atoms with E-state index in [-0.39, 0.29) is 0 Å². The molecular weight excluding hydrogens is 308 g/mol. The third-order valence-corrected chi connectivity index (χ3v) is 5.34. The largest absolute Gasteiger partial charge is 0.316 e. The molecule has 3 aromatic rings. The lowest BCUT2D eigenvalue weighted by Gasteiger charge is -2.06. The summed E-state index contributed by atoms with van der Waals surface area (Å²) in [6.45, 7) is 7.46. The molecule has 0 saturated heterocycles. The first kappa shape index (κ1) is 15.3. The second kappa shape index (κ2) is 6.63. The van der Waals surface area contributed by atoms with Gasteiger partial charge in [-0.25, -0.2) is 4.99 Å². The molecular formula is C18H20N2S2. The topological polar surface area (TPSA) is 17.3 Å². The third kappa shape index (κ3) is 3.08. The van der Waals surface area contributed by atoms with Crippen LogP contribution in [0.5, 0.6) is 0 Å². The van der Waals surface area contributed by atoms with Crippen molar-refractivity contribution in [2.45, 2.75) is 33.7 Å². The molecule has 2 nitrogen and oxygen atoms in total. The lowest BCUT2D eigenvalue weighted by Crippen LogP contribution is -2.15. The number of hydrogen-bond acceptors (Lipinski definition) is 3. The molecule has 0 saturated carbocycles. The van der Waals surface area contributed by atoms with Gasteiger partial charge in [-0.3, -0.25) is 0 Å². The van der Waals surface area contributed by atoms with E-state index in [9.17, 15) is 0 Å². The Kier molecular flexibility index (Phi) is 4.60. The summed E-state index contributed by atoms with van der Waals surface area (Å²) in [5.41, 5.74) is 4.86. The van der Waals surface area contributed by atoms with Gasteiger partial charge in [-0.1, -0.05) is 30.7 Å². The molecule has 0 atom stereocenters. The zero-order valence-electron chi connectivity index (χ0n) is 13.2. The Morgan fingerprint density at radius 1 is 1.14 bits per heavy atom. The van der Waals surface area contributed by atoms with E-state index in [1.165, 1.54) is 21.7 Å². The van der Waals surface area contributed by atoms with Crippen LogP contribution in [0.25, 0.3) is 10.6 Å². The minimum Gasteiger partial charge on any atom is -0.316 e. The first-order valence-electron chi connectivity index (χ1n) is 7.53. The Hall–Kier alpha value is -1.65. The molecule has 0 N–H and O–H groups in total. The number of thiazole rings is 1. The minimum atomic E-state index is 1.00. The maximum atomic E-state index is 4.92. The lowest BCUT2D eigenvalue weighted by atomic mass is 10.1. The molecule has 0 fully saturated rings. The number of aromatic nitrogens is 1. The van der Waals surface area contributed by atoms with Gasteiger partial charge in [-0.15, -0.1) is 22.7 Å². The van der Waals surface area contributed by atoms with Crippen molar-refractivity contribution >= 4 is 28.4 Å². The predicted molar refractivity (Wildman–Crippen MR) is 97.1 cm³/mol. The Balaban J connectivity index is 2.12. The molecule has 4 heteroatoms. The van der Waals surface area contributed by atoms with Crippen molar-refractivity contribution in [3.63, 3.8) is 0 Å². The third-order valence-electron chi connectivity index (χ3n) is 3.59. The Bertz CT molecular complexity index is 823. The van der Waals surface area contributed by atoms with Crippen molar-refractivity contribution in [3.05, 3.63) is 57.0 Å². The van der Waals surface area contributed by atoms with Gasteiger partial charge in [0.2, 0.25) is 0 Å². The fourth-order valence-electron chi connectivity index (χ4n) is 2.51. The summed E-state index contributed by atoms with van der Waals surface area (Å²) in [6, 6.07) is 10.7. The zero-order valence-corrected chi connectivity index (χ0v) is 14.8.